The molecule has 6 rings (SSSR count). The first kappa shape index (κ1) is 21.8. The largest absolute Gasteiger partial charge is 0.497 e. The third kappa shape index (κ3) is 4.29. The van der Waals surface area contributed by atoms with Crippen LogP contribution in [0.15, 0.2) is 72.1 Å². The lowest BCUT2D eigenvalue weighted by atomic mass is 9.87. The number of benzene rings is 3. The van der Waals surface area contributed by atoms with Crippen LogP contribution in [-0.4, -0.2) is 29.4 Å². The average Bonchev–Trinajstić information content (AvgIpc) is 3.33. The molecule has 2 aliphatic rings. The lowest BCUT2D eigenvalue weighted by Gasteiger charge is -2.28. The van der Waals surface area contributed by atoms with E-state index in [1.807, 2.05) is 60.0 Å². The van der Waals surface area contributed by atoms with Crippen LogP contribution in [-0.2, 0) is 24.3 Å². The molecule has 35 heavy (non-hydrogen) atoms. The maximum absolute atomic E-state index is 13.5. The number of thiazole rings is 1. The quantitative estimate of drug-likeness (QED) is 0.401. The second kappa shape index (κ2) is 9.17. The fourth-order valence-corrected chi connectivity index (χ4v) is 5.59. The summed E-state index contributed by atoms with van der Waals surface area (Å²) in [5, 5.41) is 5.71. The van der Waals surface area contributed by atoms with Crippen molar-refractivity contribution >= 4 is 22.4 Å². The van der Waals surface area contributed by atoms with E-state index in [0.717, 1.165) is 48.6 Å². The van der Waals surface area contributed by atoms with Gasteiger partial charge in [-0.05, 0) is 41.8 Å². The number of nitrogens with zero attached hydrogens (tertiary/aromatic N) is 2. The molecule has 1 N–H and O–H groups in total. The molecule has 3 heterocycles. The highest BCUT2D eigenvalue weighted by atomic mass is 32.1. The van der Waals surface area contributed by atoms with Crippen molar-refractivity contribution in [2.45, 2.75) is 25.4 Å². The number of anilines is 1. The third-order valence-corrected chi connectivity index (χ3v) is 7.42. The van der Waals surface area contributed by atoms with Crippen LogP contribution < -0.4 is 14.8 Å². The summed E-state index contributed by atoms with van der Waals surface area (Å²) >= 11 is 1.47. The Morgan fingerprint density at radius 2 is 1.83 bits per heavy atom. The van der Waals surface area contributed by atoms with Gasteiger partial charge in [-0.2, -0.15) is 0 Å². The minimum Gasteiger partial charge on any atom is -0.497 e. The molecule has 3 aromatic carbocycles. The second-order valence-corrected chi connectivity index (χ2v) is 9.70. The van der Waals surface area contributed by atoms with E-state index in [4.69, 9.17) is 14.5 Å². The van der Waals surface area contributed by atoms with Gasteiger partial charge in [0.1, 0.15) is 17.2 Å². The van der Waals surface area contributed by atoms with Crippen LogP contribution in [0.4, 0.5) is 5.13 Å². The van der Waals surface area contributed by atoms with E-state index in [9.17, 15) is 4.79 Å². The summed E-state index contributed by atoms with van der Waals surface area (Å²) in [7, 11) is 1.70. The summed E-state index contributed by atoms with van der Waals surface area (Å²) in [6, 6.07) is 21.7. The topological polar surface area (TPSA) is 63.7 Å². The van der Waals surface area contributed by atoms with Gasteiger partial charge in [0.25, 0.3) is 0 Å². The Hall–Kier alpha value is -3.68. The Morgan fingerprint density at radius 3 is 2.57 bits per heavy atom. The molecule has 0 unspecified atom stereocenters. The van der Waals surface area contributed by atoms with Gasteiger partial charge in [0.05, 0.1) is 18.7 Å². The number of ether oxygens (including phenoxy) is 2. The van der Waals surface area contributed by atoms with Gasteiger partial charge in [-0.25, -0.2) is 4.98 Å². The van der Waals surface area contributed by atoms with Crippen LogP contribution in [0, 0.1) is 0 Å². The number of hydrogen-bond donors (Lipinski definition) is 1. The molecular formula is C28H25N3O3S. The van der Waals surface area contributed by atoms with E-state index in [0.29, 0.717) is 16.6 Å². The number of amides is 1. The van der Waals surface area contributed by atoms with E-state index >= 15 is 0 Å². The Morgan fingerprint density at radius 1 is 1.09 bits per heavy atom. The molecule has 0 fully saturated rings. The van der Waals surface area contributed by atoms with Gasteiger partial charge in [0, 0.05) is 36.1 Å². The number of carbonyl (C=O) groups is 1. The van der Waals surface area contributed by atoms with Crippen LogP contribution in [0.25, 0.3) is 0 Å². The molecule has 0 saturated heterocycles. The van der Waals surface area contributed by atoms with Crippen LogP contribution >= 0.6 is 11.3 Å². The highest BCUT2D eigenvalue weighted by molar-refractivity contribution is 7.13. The molecule has 1 aromatic heterocycles. The van der Waals surface area contributed by atoms with Crippen molar-refractivity contribution in [2.75, 3.05) is 19.0 Å². The van der Waals surface area contributed by atoms with Crippen LogP contribution in [0.1, 0.15) is 33.9 Å². The fourth-order valence-electron chi connectivity index (χ4n) is 4.89. The molecule has 1 amide bonds. The molecule has 2 aliphatic heterocycles. The predicted molar refractivity (Wildman–Crippen MR) is 136 cm³/mol. The first-order valence-corrected chi connectivity index (χ1v) is 12.5. The van der Waals surface area contributed by atoms with Crippen molar-refractivity contribution in [2.24, 2.45) is 0 Å². The third-order valence-electron chi connectivity index (χ3n) is 6.61. The van der Waals surface area contributed by atoms with E-state index < -0.39 is 5.92 Å². The van der Waals surface area contributed by atoms with Gasteiger partial charge in [0.15, 0.2) is 5.13 Å². The summed E-state index contributed by atoms with van der Waals surface area (Å²) in [5.41, 5.74) is 5.38. The Balaban J connectivity index is 1.16. The smallest absolute Gasteiger partial charge is 0.238 e. The molecular weight excluding hydrogens is 458 g/mol. The zero-order valence-electron chi connectivity index (χ0n) is 19.4. The lowest BCUT2D eigenvalue weighted by molar-refractivity contribution is -0.116. The number of carbonyl (C=O) groups excluding carboxylic acids is 1. The zero-order chi connectivity index (χ0) is 23.8. The van der Waals surface area contributed by atoms with Gasteiger partial charge in [-0.3, -0.25) is 9.69 Å². The minimum absolute atomic E-state index is 0.102. The first-order chi connectivity index (χ1) is 17.2. The Kier molecular flexibility index (Phi) is 5.72. The zero-order valence-corrected chi connectivity index (χ0v) is 20.2. The minimum atomic E-state index is -0.445. The Bertz CT molecular complexity index is 1350. The number of rotatable bonds is 5. The summed E-state index contributed by atoms with van der Waals surface area (Å²) in [4.78, 5) is 20.6. The highest BCUT2D eigenvalue weighted by Crippen LogP contribution is 2.44. The summed E-state index contributed by atoms with van der Waals surface area (Å²) in [6.45, 7) is 2.60. The molecule has 176 valence electrons. The van der Waals surface area contributed by atoms with Crippen molar-refractivity contribution in [3.8, 4) is 17.2 Å². The number of nitrogens with one attached hydrogen (secondary N) is 1. The first-order valence-electron chi connectivity index (χ1n) is 11.7. The van der Waals surface area contributed by atoms with E-state index in [-0.39, 0.29) is 5.91 Å². The van der Waals surface area contributed by atoms with Crippen molar-refractivity contribution in [1.82, 2.24) is 9.88 Å². The maximum Gasteiger partial charge on any atom is 0.238 e. The Labute approximate surface area is 208 Å². The number of para-hydroxylation sites is 2. The van der Waals surface area contributed by atoms with E-state index in [2.05, 4.69) is 22.3 Å². The maximum atomic E-state index is 13.5. The normalized spacial score (nSPS) is 14.9. The molecule has 0 bridgehead atoms. The average molecular weight is 484 g/mol. The van der Waals surface area contributed by atoms with Gasteiger partial charge >= 0.3 is 0 Å². The number of methoxy groups -OCH3 is 1. The summed E-state index contributed by atoms with van der Waals surface area (Å²) in [6.07, 6.45) is 0.989. The van der Waals surface area contributed by atoms with E-state index in [1.54, 1.807) is 7.11 Å². The molecule has 6 nitrogen and oxygen atoms in total. The molecule has 0 radical (unpaired) electrons. The summed E-state index contributed by atoms with van der Waals surface area (Å²) in [5.74, 6) is 1.80. The van der Waals surface area contributed by atoms with Gasteiger partial charge in [-0.1, -0.05) is 42.5 Å². The highest BCUT2D eigenvalue weighted by Gasteiger charge is 2.32. The standard InChI is InChI=1S/C28H25N3O3S/c1-33-21-11-10-19-15-31(13-12-18(19)14-21)16-20-17-35-28(29-20)30-27(32)26-22-6-2-4-8-24(22)34-25-9-5-3-7-23(25)26/h2-11,14,17,26H,12-13,15-16H2,1H3,(H,29,30,32). The predicted octanol–water partition coefficient (Wildman–Crippen LogP) is 5.59. The van der Waals surface area contributed by atoms with Crippen LogP contribution in [0.5, 0.6) is 17.2 Å². The number of aromatic nitrogens is 1. The van der Waals surface area contributed by atoms with Gasteiger partial charge in [-0.15, -0.1) is 11.3 Å². The summed E-state index contributed by atoms with van der Waals surface area (Å²) < 4.78 is 11.4. The van der Waals surface area contributed by atoms with Gasteiger partial charge in [0.2, 0.25) is 5.91 Å². The monoisotopic (exact) mass is 483 g/mol. The van der Waals surface area contributed by atoms with Crippen molar-refractivity contribution in [1.29, 1.82) is 0 Å². The molecule has 7 heteroatoms. The molecule has 0 saturated carbocycles. The number of hydrogen-bond acceptors (Lipinski definition) is 6. The number of fused-ring (bicyclic) bond motifs is 3. The van der Waals surface area contributed by atoms with Crippen molar-refractivity contribution in [3.63, 3.8) is 0 Å². The molecule has 0 spiro atoms. The fraction of sp³-hybridized carbons (Fsp3) is 0.214. The SMILES string of the molecule is COc1ccc2c(c1)CCN(Cc1csc(NC(=O)C3c4ccccc4Oc4ccccc43)n1)C2. The van der Waals surface area contributed by atoms with Crippen LogP contribution in [0.2, 0.25) is 0 Å². The molecule has 4 aromatic rings. The second-order valence-electron chi connectivity index (χ2n) is 8.84. The van der Waals surface area contributed by atoms with Crippen molar-refractivity contribution in [3.05, 3.63) is 100 Å². The molecule has 0 aliphatic carbocycles. The van der Waals surface area contributed by atoms with Crippen molar-refractivity contribution < 1.29 is 14.3 Å². The van der Waals surface area contributed by atoms with Crippen LogP contribution in [0.3, 0.4) is 0 Å². The lowest BCUT2D eigenvalue weighted by Crippen LogP contribution is -2.30. The molecule has 0 atom stereocenters. The van der Waals surface area contributed by atoms with E-state index in [1.165, 1.54) is 22.5 Å². The van der Waals surface area contributed by atoms with Gasteiger partial charge < -0.3 is 14.8 Å².